The molecule has 0 spiro atoms. The lowest BCUT2D eigenvalue weighted by Gasteiger charge is -2.16. The Labute approximate surface area is 133 Å². The summed E-state index contributed by atoms with van der Waals surface area (Å²) < 4.78 is 0. The van der Waals surface area contributed by atoms with E-state index in [0.29, 0.717) is 0 Å². The fourth-order valence-corrected chi connectivity index (χ4v) is 2.37. The molecule has 0 aliphatic rings. The zero-order valence-electron chi connectivity index (χ0n) is 13.8. The number of aromatic nitrogens is 2. The van der Waals surface area contributed by atoms with Crippen LogP contribution in [0.15, 0.2) is 36.4 Å². The number of benzene rings is 1. The highest BCUT2D eigenvalue weighted by atomic mass is 15.1. The van der Waals surface area contributed by atoms with Crippen molar-refractivity contribution in [2.75, 3.05) is 17.2 Å². The monoisotopic (exact) mass is 298 g/mol. The molecule has 1 atom stereocenters. The second-order valence-corrected chi connectivity index (χ2v) is 5.60. The van der Waals surface area contributed by atoms with Crippen LogP contribution in [0.1, 0.15) is 50.5 Å². The van der Waals surface area contributed by atoms with Gasteiger partial charge >= 0.3 is 0 Å². The molecular formula is C18H26N4. The fraction of sp³-hybridized carbons (Fsp3) is 0.444. The van der Waals surface area contributed by atoms with Gasteiger partial charge in [0.25, 0.3) is 0 Å². The molecule has 1 unspecified atom stereocenters. The van der Waals surface area contributed by atoms with E-state index < -0.39 is 0 Å². The first-order valence-corrected chi connectivity index (χ1v) is 8.10. The van der Waals surface area contributed by atoms with Crippen LogP contribution in [0.3, 0.4) is 0 Å². The van der Waals surface area contributed by atoms with E-state index >= 15 is 0 Å². The molecule has 0 saturated carbocycles. The minimum Gasteiger partial charge on any atom is -0.370 e. The molecule has 2 aromatic rings. The number of hydrogen-bond donors (Lipinski definition) is 2. The summed E-state index contributed by atoms with van der Waals surface area (Å²) >= 11 is 0. The third-order valence-electron chi connectivity index (χ3n) is 3.59. The summed E-state index contributed by atoms with van der Waals surface area (Å²) in [4.78, 5) is 8.93. The number of unbranched alkanes of at least 4 members (excludes halogenated alkanes) is 2. The van der Waals surface area contributed by atoms with Crippen molar-refractivity contribution >= 4 is 11.6 Å². The van der Waals surface area contributed by atoms with Crippen LogP contribution >= 0.6 is 0 Å². The first-order valence-electron chi connectivity index (χ1n) is 8.10. The summed E-state index contributed by atoms with van der Waals surface area (Å²) in [5, 5.41) is 6.83. The van der Waals surface area contributed by atoms with Crippen molar-refractivity contribution in [1.29, 1.82) is 0 Å². The zero-order chi connectivity index (χ0) is 15.8. The van der Waals surface area contributed by atoms with Gasteiger partial charge in [0.1, 0.15) is 17.5 Å². The highest BCUT2D eigenvalue weighted by molar-refractivity contribution is 5.48. The molecule has 1 heterocycles. The van der Waals surface area contributed by atoms with E-state index in [9.17, 15) is 0 Å². The van der Waals surface area contributed by atoms with E-state index in [0.717, 1.165) is 24.0 Å². The van der Waals surface area contributed by atoms with Crippen LogP contribution in [0, 0.1) is 6.92 Å². The van der Waals surface area contributed by atoms with E-state index in [-0.39, 0.29) is 6.04 Å². The number of hydrogen-bond acceptors (Lipinski definition) is 4. The average Bonchev–Trinajstić information content (AvgIpc) is 2.52. The van der Waals surface area contributed by atoms with Crippen molar-refractivity contribution in [3.8, 4) is 0 Å². The van der Waals surface area contributed by atoms with Gasteiger partial charge in [-0.2, -0.15) is 0 Å². The molecule has 22 heavy (non-hydrogen) atoms. The standard InChI is InChI=1S/C18H26N4/c1-4-5-9-12-19-17-13-18(22-15(3)21-17)20-14(2)16-10-7-6-8-11-16/h6-8,10-11,13-14H,4-5,9,12H2,1-3H3,(H2,19,20,21,22). The van der Waals surface area contributed by atoms with Crippen LogP contribution in [0.2, 0.25) is 0 Å². The maximum absolute atomic E-state index is 4.48. The van der Waals surface area contributed by atoms with Gasteiger partial charge in [-0.1, -0.05) is 50.1 Å². The minimum absolute atomic E-state index is 0.212. The highest BCUT2D eigenvalue weighted by Crippen LogP contribution is 2.19. The van der Waals surface area contributed by atoms with Crippen LogP contribution in [0.25, 0.3) is 0 Å². The predicted molar refractivity (Wildman–Crippen MR) is 93.3 cm³/mol. The van der Waals surface area contributed by atoms with Gasteiger partial charge < -0.3 is 10.6 Å². The van der Waals surface area contributed by atoms with Crippen LogP contribution in [0.4, 0.5) is 11.6 Å². The molecule has 118 valence electrons. The molecule has 4 heteroatoms. The summed E-state index contributed by atoms with van der Waals surface area (Å²) in [5.74, 6) is 2.54. The van der Waals surface area contributed by atoms with E-state index in [1.54, 1.807) is 0 Å². The number of nitrogens with zero attached hydrogens (tertiary/aromatic N) is 2. The largest absolute Gasteiger partial charge is 0.370 e. The van der Waals surface area contributed by atoms with Crippen molar-refractivity contribution in [3.63, 3.8) is 0 Å². The molecule has 0 bridgehead atoms. The first kappa shape index (κ1) is 16.3. The molecule has 0 aliphatic heterocycles. The number of anilines is 2. The molecule has 0 saturated heterocycles. The molecular weight excluding hydrogens is 272 g/mol. The van der Waals surface area contributed by atoms with Crippen LogP contribution < -0.4 is 10.6 Å². The minimum atomic E-state index is 0.212. The summed E-state index contributed by atoms with van der Waals surface area (Å²) in [6.45, 7) is 7.23. The fourth-order valence-electron chi connectivity index (χ4n) is 2.37. The quantitative estimate of drug-likeness (QED) is 0.701. The molecule has 2 N–H and O–H groups in total. The third-order valence-corrected chi connectivity index (χ3v) is 3.59. The lowest BCUT2D eigenvalue weighted by atomic mass is 10.1. The summed E-state index contributed by atoms with van der Waals surface area (Å²) in [6.07, 6.45) is 3.64. The lowest BCUT2D eigenvalue weighted by Crippen LogP contribution is -2.11. The molecule has 0 fully saturated rings. The van der Waals surface area contributed by atoms with Crippen molar-refractivity contribution in [2.45, 2.75) is 46.1 Å². The van der Waals surface area contributed by atoms with Crippen molar-refractivity contribution in [2.24, 2.45) is 0 Å². The van der Waals surface area contributed by atoms with Crippen molar-refractivity contribution in [1.82, 2.24) is 9.97 Å². The molecule has 2 rings (SSSR count). The van der Waals surface area contributed by atoms with Gasteiger partial charge in [0.2, 0.25) is 0 Å². The SMILES string of the molecule is CCCCCNc1cc(NC(C)c2ccccc2)nc(C)n1. The Bertz CT molecular complexity index is 569. The maximum Gasteiger partial charge on any atom is 0.132 e. The summed E-state index contributed by atoms with van der Waals surface area (Å²) in [7, 11) is 0. The van der Waals surface area contributed by atoms with Crippen LogP contribution in [0.5, 0.6) is 0 Å². The average molecular weight is 298 g/mol. The molecule has 4 nitrogen and oxygen atoms in total. The predicted octanol–water partition coefficient (Wildman–Crippen LogP) is 4.56. The Kier molecular flexibility index (Phi) is 6.19. The van der Waals surface area contributed by atoms with E-state index in [4.69, 9.17) is 0 Å². The van der Waals surface area contributed by atoms with Crippen molar-refractivity contribution < 1.29 is 0 Å². The number of aryl methyl sites for hydroxylation is 1. The molecule has 0 aliphatic carbocycles. The van der Waals surface area contributed by atoms with Crippen molar-refractivity contribution in [3.05, 3.63) is 47.8 Å². The van der Waals surface area contributed by atoms with Gasteiger partial charge in [-0.05, 0) is 25.8 Å². The highest BCUT2D eigenvalue weighted by Gasteiger charge is 2.07. The van der Waals surface area contributed by atoms with Gasteiger partial charge in [-0.25, -0.2) is 9.97 Å². The molecule has 1 aromatic heterocycles. The van der Waals surface area contributed by atoms with E-state index in [1.165, 1.54) is 24.8 Å². The van der Waals surface area contributed by atoms with Gasteiger partial charge in [-0.15, -0.1) is 0 Å². The van der Waals surface area contributed by atoms with Crippen LogP contribution in [-0.4, -0.2) is 16.5 Å². The normalized spacial score (nSPS) is 12.0. The van der Waals surface area contributed by atoms with Gasteiger partial charge in [0.15, 0.2) is 0 Å². The van der Waals surface area contributed by atoms with Gasteiger partial charge in [-0.3, -0.25) is 0 Å². The molecule has 1 aromatic carbocycles. The molecule has 0 radical (unpaired) electrons. The molecule has 0 amide bonds. The number of rotatable bonds is 8. The Morgan fingerprint density at radius 1 is 1.05 bits per heavy atom. The van der Waals surface area contributed by atoms with E-state index in [2.05, 4.69) is 58.7 Å². The van der Waals surface area contributed by atoms with Crippen LogP contribution in [-0.2, 0) is 0 Å². The Hall–Kier alpha value is -2.10. The summed E-state index contributed by atoms with van der Waals surface area (Å²) in [5.41, 5.74) is 1.25. The second kappa shape index (κ2) is 8.37. The Morgan fingerprint density at radius 3 is 2.50 bits per heavy atom. The third kappa shape index (κ3) is 5.02. The summed E-state index contributed by atoms with van der Waals surface area (Å²) in [6, 6.07) is 12.6. The zero-order valence-corrected chi connectivity index (χ0v) is 13.8. The number of nitrogens with one attached hydrogen (secondary N) is 2. The Morgan fingerprint density at radius 2 is 1.77 bits per heavy atom. The maximum atomic E-state index is 4.48. The Balaban J connectivity index is 2.00. The lowest BCUT2D eigenvalue weighted by molar-refractivity contribution is 0.741. The van der Waals surface area contributed by atoms with E-state index in [1.807, 2.05) is 19.1 Å². The smallest absolute Gasteiger partial charge is 0.132 e. The topological polar surface area (TPSA) is 49.8 Å². The van der Waals surface area contributed by atoms with Gasteiger partial charge in [0, 0.05) is 18.7 Å². The van der Waals surface area contributed by atoms with Gasteiger partial charge in [0.05, 0.1) is 0 Å². The first-order chi connectivity index (χ1) is 10.7. The second-order valence-electron chi connectivity index (χ2n) is 5.60.